The van der Waals surface area contributed by atoms with E-state index < -0.39 is 23.6 Å². The fraction of sp³-hybridized carbons (Fsp3) is 0.261. The third kappa shape index (κ3) is 5.11. The molecule has 2 aromatic carbocycles. The second-order valence-electron chi connectivity index (χ2n) is 7.64. The summed E-state index contributed by atoms with van der Waals surface area (Å²) in [5.74, 6) is -2.61. The number of amides is 3. The lowest BCUT2D eigenvalue weighted by Gasteiger charge is -2.24. The van der Waals surface area contributed by atoms with Gasteiger partial charge in [-0.1, -0.05) is 30.3 Å². The lowest BCUT2D eigenvalue weighted by Crippen LogP contribution is -2.42. The maximum Gasteiger partial charge on any atom is 0.315 e. The highest BCUT2D eigenvalue weighted by atomic mass is 19.2. The molecule has 1 aliphatic rings. The molecule has 166 valence electrons. The van der Waals surface area contributed by atoms with Gasteiger partial charge in [0.25, 0.3) is 0 Å². The minimum Gasteiger partial charge on any atom is -0.331 e. The number of anilines is 1. The first-order valence-corrected chi connectivity index (χ1v) is 10.4. The van der Waals surface area contributed by atoms with Crippen LogP contribution in [0.25, 0.3) is 0 Å². The van der Waals surface area contributed by atoms with Crippen LogP contribution < -0.4 is 16.0 Å². The first kappa shape index (κ1) is 21.5. The molecule has 0 saturated carbocycles. The van der Waals surface area contributed by atoms with E-state index in [4.69, 9.17) is 0 Å². The monoisotopic (exact) mass is 439 g/mol. The van der Waals surface area contributed by atoms with Gasteiger partial charge in [0.05, 0.1) is 25.3 Å². The summed E-state index contributed by atoms with van der Waals surface area (Å²) < 4.78 is 28.2. The molecule has 0 spiro atoms. The van der Waals surface area contributed by atoms with Gasteiger partial charge in [0.1, 0.15) is 0 Å². The van der Waals surface area contributed by atoms with E-state index in [1.54, 1.807) is 6.20 Å². The van der Waals surface area contributed by atoms with E-state index in [0.717, 1.165) is 48.2 Å². The number of nitrogens with zero attached hydrogens (tertiary/aromatic N) is 2. The summed E-state index contributed by atoms with van der Waals surface area (Å²) >= 11 is 0. The molecule has 0 fully saturated rings. The Morgan fingerprint density at radius 3 is 2.69 bits per heavy atom. The van der Waals surface area contributed by atoms with Crippen molar-refractivity contribution >= 4 is 17.6 Å². The molecule has 3 amide bonds. The van der Waals surface area contributed by atoms with Gasteiger partial charge in [-0.2, -0.15) is 5.10 Å². The first-order valence-electron chi connectivity index (χ1n) is 10.4. The highest BCUT2D eigenvalue weighted by molar-refractivity contribution is 5.94. The highest BCUT2D eigenvalue weighted by Crippen LogP contribution is 2.29. The number of nitrogens with one attached hydrogen (secondary N) is 3. The van der Waals surface area contributed by atoms with Gasteiger partial charge in [0.15, 0.2) is 11.6 Å². The van der Waals surface area contributed by atoms with Crippen LogP contribution in [0.4, 0.5) is 19.3 Å². The van der Waals surface area contributed by atoms with Gasteiger partial charge in [-0.05, 0) is 37.0 Å². The number of aromatic nitrogens is 2. The molecule has 0 aliphatic heterocycles. The molecule has 9 heteroatoms. The smallest absolute Gasteiger partial charge is 0.315 e. The van der Waals surface area contributed by atoms with Crippen molar-refractivity contribution < 1.29 is 18.4 Å². The Hall–Kier alpha value is -3.75. The summed E-state index contributed by atoms with van der Waals surface area (Å²) in [6.07, 6.45) is 4.37. The van der Waals surface area contributed by atoms with E-state index in [2.05, 4.69) is 21.0 Å². The summed E-state index contributed by atoms with van der Waals surface area (Å²) in [7, 11) is 0. The van der Waals surface area contributed by atoms with Crippen molar-refractivity contribution in [2.24, 2.45) is 0 Å². The third-order valence-corrected chi connectivity index (χ3v) is 5.36. The van der Waals surface area contributed by atoms with Crippen LogP contribution >= 0.6 is 0 Å². The van der Waals surface area contributed by atoms with Gasteiger partial charge < -0.3 is 16.0 Å². The van der Waals surface area contributed by atoms with E-state index in [9.17, 15) is 18.4 Å². The van der Waals surface area contributed by atoms with Gasteiger partial charge in [-0.25, -0.2) is 13.6 Å². The molecule has 7 nitrogen and oxygen atoms in total. The van der Waals surface area contributed by atoms with E-state index in [-0.39, 0.29) is 18.3 Å². The van der Waals surface area contributed by atoms with Gasteiger partial charge in [0.2, 0.25) is 5.91 Å². The van der Waals surface area contributed by atoms with Crippen LogP contribution in [0.2, 0.25) is 0 Å². The molecule has 0 bridgehead atoms. The molecule has 1 atom stereocenters. The summed E-state index contributed by atoms with van der Waals surface area (Å²) in [6.45, 7) is 0.358. The van der Waals surface area contributed by atoms with E-state index in [0.29, 0.717) is 6.54 Å². The molecule has 3 N–H and O–H groups in total. The predicted octanol–water partition coefficient (Wildman–Crippen LogP) is 3.52. The second kappa shape index (κ2) is 9.59. The average Bonchev–Trinajstić information content (AvgIpc) is 3.19. The number of benzene rings is 2. The maximum atomic E-state index is 13.2. The number of fused-ring (bicyclic) bond motifs is 1. The van der Waals surface area contributed by atoms with E-state index in [1.165, 1.54) is 6.07 Å². The van der Waals surface area contributed by atoms with Crippen molar-refractivity contribution in [2.75, 3.05) is 11.9 Å². The minimum absolute atomic E-state index is 0.110. The molecule has 32 heavy (non-hydrogen) atoms. The van der Waals surface area contributed by atoms with Crippen LogP contribution in [0.5, 0.6) is 0 Å². The lowest BCUT2D eigenvalue weighted by atomic mass is 9.93. The lowest BCUT2D eigenvalue weighted by molar-refractivity contribution is -0.115. The molecule has 0 radical (unpaired) electrons. The normalized spacial score (nSPS) is 15.0. The standard InChI is InChI=1S/C23H23F2N5O2/c24-18-10-9-16(11-19(18)25)28-22(31)13-26-23(32)29-20-7-4-8-21-17(20)12-27-30(21)14-15-5-2-1-3-6-15/h1-3,5-6,9-12,20H,4,7-8,13-14H2,(H,28,31)(H2,26,29,32). The van der Waals surface area contributed by atoms with Crippen molar-refractivity contribution in [1.29, 1.82) is 0 Å². The summed E-state index contributed by atoms with van der Waals surface area (Å²) in [6, 6.07) is 12.4. The van der Waals surface area contributed by atoms with Gasteiger partial charge in [-0.3, -0.25) is 9.48 Å². The Morgan fingerprint density at radius 2 is 1.91 bits per heavy atom. The zero-order chi connectivity index (χ0) is 22.5. The summed E-state index contributed by atoms with van der Waals surface area (Å²) in [5.41, 5.74) is 3.34. The number of carbonyl (C=O) groups is 2. The number of carbonyl (C=O) groups excluding carboxylic acids is 2. The van der Waals surface area contributed by atoms with Crippen molar-refractivity contribution in [3.05, 3.63) is 83.2 Å². The molecule has 0 saturated heterocycles. The zero-order valence-corrected chi connectivity index (χ0v) is 17.3. The number of urea groups is 1. The summed E-state index contributed by atoms with van der Waals surface area (Å²) in [4.78, 5) is 24.3. The van der Waals surface area contributed by atoms with Crippen LogP contribution in [0.15, 0.2) is 54.7 Å². The Balaban J connectivity index is 1.31. The highest BCUT2D eigenvalue weighted by Gasteiger charge is 2.25. The molecule has 1 heterocycles. The zero-order valence-electron chi connectivity index (χ0n) is 17.3. The molecule has 4 rings (SSSR count). The number of hydrogen-bond donors (Lipinski definition) is 3. The minimum atomic E-state index is -1.06. The molecular weight excluding hydrogens is 416 g/mol. The largest absolute Gasteiger partial charge is 0.331 e. The molecular formula is C23H23F2N5O2. The third-order valence-electron chi connectivity index (χ3n) is 5.36. The summed E-state index contributed by atoms with van der Waals surface area (Å²) in [5, 5.41) is 12.3. The van der Waals surface area contributed by atoms with Crippen molar-refractivity contribution in [3.63, 3.8) is 0 Å². The van der Waals surface area contributed by atoms with Gasteiger partial charge in [-0.15, -0.1) is 0 Å². The first-order chi connectivity index (χ1) is 15.5. The average molecular weight is 439 g/mol. The SMILES string of the molecule is O=C(CNC(=O)NC1CCCc2c1cnn2Cc1ccccc1)Nc1ccc(F)c(F)c1. The van der Waals surface area contributed by atoms with Crippen LogP contribution in [0.3, 0.4) is 0 Å². The van der Waals surface area contributed by atoms with Crippen LogP contribution in [-0.2, 0) is 17.8 Å². The predicted molar refractivity (Wildman–Crippen MR) is 115 cm³/mol. The van der Waals surface area contributed by atoms with Crippen LogP contribution in [0.1, 0.15) is 35.7 Å². The number of hydrogen-bond acceptors (Lipinski definition) is 3. The van der Waals surface area contributed by atoms with Crippen LogP contribution in [0, 0.1) is 11.6 Å². The van der Waals surface area contributed by atoms with Crippen LogP contribution in [-0.4, -0.2) is 28.3 Å². The Labute approximate surface area is 183 Å². The van der Waals surface area contributed by atoms with Gasteiger partial charge in [0, 0.05) is 23.0 Å². The number of rotatable bonds is 6. The van der Waals surface area contributed by atoms with Crippen molar-refractivity contribution in [2.45, 2.75) is 31.8 Å². The molecule has 1 unspecified atom stereocenters. The Morgan fingerprint density at radius 1 is 1.09 bits per heavy atom. The molecule has 1 aromatic heterocycles. The fourth-order valence-electron chi connectivity index (χ4n) is 3.81. The van der Waals surface area contributed by atoms with E-state index >= 15 is 0 Å². The fourth-order valence-corrected chi connectivity index (χ4v) is 3.81. The maximum absolute atomic E-state index is 13.2. The quantitative estimate of drug-likeness (QED) is 0.549. The molecule has 1 aliphatic carbocycles. The van der Waals surface area contributed by atoms with Crippen molar-refractivity contribution in [1.82, 2.24) is 20.4 Å². The van der Waals surface area contributed by atoms with Crippen molar-refractivity contribution in [3.8, 4) is 0 Å². The van der Waals surface area contributed by atoms with E-state index in [1.807, 2.05) is 35.0 Å². The Bertz CT molecular complexity index is 1120. The van der Waals surface area contributed by atoms with Gasteiger partial charge >= 0.3 is 6.03 Å². The number of halogens is 2. The Kier molecular flexibility index (Phi) is 6.44. The molecule has 3 aromatic rings. The second-order valence-corrected chi connectivity index (χ2v) is 7.64. The topological polar surface area (TPSA) is 88.1 Å².